The van der Waals surface area contributed by atoms with Gasteiger partial charge in [-0.2, -0.15) is 5.10 Å². The second-order valence-electron chi connectivity index (χ2n) is 4.45. The zero-order valence-electron chi connectivity index (χ0n) is 9.84. The highest BCUT2D eigenvalue weighted by molar-refractivity contribution is 9.10. The van der Waals surface area contributed by atoms with E-state index < -0.39 is 0 Å². The number of nitrogens with zero attached hydrogens (tertiary/aromatic N) is 2. The first-order chi connectivity index (χ1) is 8.81. The van der Waals surface area contributed by atoms with E-state index in [9.17, 15) is 0 Å². The van der Waals surface area contributed by atoms with Gasteiger partial charge in [0.15, 0.2) is 5.75 Å². The number of benzene rings is 1. The van der Waals surface area contributed by atoms with Gasteiger partial charge in [-0.1, -0.05) is 12.1 Å². The lowest BCUT2D eigenvalue weighted by Gasteiger charge is -2.26. The number of halogens is 1. The highest BCUT2D eigenvalue weighted by Gasteiger charge is 2.17. The van der Waals surface area contributed by atoms with Gasteiger partial charge < -0.3 is 10.1 Å². The summed E-state index contributed by atoms with van der Waals surface area (Å²) in [6, 6.07) is 7.80. The Morgan fingerprint density at radius 1 is 1.39 bits per heavy atom. The van der Waals surface area contributed by atoms with Crippen LogP contribution in [0.2, 0.25) is 0 Å². The van der Waals surface area contributed by atoms with E-state index >= 15 is 0 Å². The summed E-state index contributed by atoms with van der Waals surface area (Å²) in [5.74, 6) is 2.28. The van der Waals surface area contributed by atoms with Gasteiger partial charge in [-0.15, -0.1) is 0 Å². The van der Waals surface area contributed by atoms with Gasteiger partial charge in [0.2, 0.25) is 0 Å². The predicted molar refractivity (Wildman–Crippen MR) is 72.8 cm³/mol. The SMILES string of the molecule is Brc1ccccc1Oc1cnn(CC2CNC2)c1. The fourth-order valence-corrected chi connectivity index (χ4v) is 2.26. The van der Waals surface area contributed by atoms with Gasteiger partial charge in [0.25, 0.3) is 0 Å². The highest BCUT2D eigenvalue weighted by atomic mass is 79.9. The third kappa shape index (κ3) is 2.57. The summed E-state index contributed by atoms with van der Waals surface area (Å²) in [7, 11) is 0. The van der Waals surface area contributed by atoms with Gasteiger partial charge in [0.1, 0.15) is 5.75 Å². The molecule has 1 aliphatic heterocycles. The van der Waals surface area contributed by atoms with Crippen molar-refractivity contribution < 1.29 is 4.74 Å². The zero-order chi connectivity index (χ0) is 12.4. The van der Waals surface area contributed by atoms with Crippen LogP contribution in [0.5, 0.6) is 11.5 Å². The molecule has 5 heteroatoms. The highest BCUT2D eigenvalue weighted by Crippen LogP contribution is 2.28. The first kappa shape index (κ1) is 11.7. The van der Waals surface area contributed by atoms with Gasteiger partial charge in [0, 0.05) is 25.6 Å². The predicted octanol–water partition coefficient (Wildman–Crippen LogP) is 2.66. The molecule has 94 valence electrons. The molecule has 1 saturated heterocycles. The number of nitrogens with one attached hydrogen (secondary N) is 1. The van der Waals surface area contributed by atoms with E-state index in [4.69, 9.17) is 4.74 Å². The lowest BCUT2D eigenvalue weighted by Crippen LogP contribution is -2.44. The smallest absolute Gasteiger partial charge is 0.165 e. The molecule has 1 fully saturated rings. The number of ether oxygens (including phenoxy) is 1. The maximum atomic E-state index is 5.78. The van der Waals surface area contributed by atoms with Crippen molar-refractivity contribution in [3.8, 4) is 11.5 Å². The van der Waals surface area contributed by atoms with Crippen molar-refractivity contribution in [3.05, 3.63) is 41.1 Å². The number of para-hydroxylation sites is 1. The van der Waals surface area contributed by atoms with Crippen LogP contribution in [0.25, 0.3) is 0 Å². The number of hydrogen-bond acceptors (Lipinski definition) is 3. The summed E-state index contributed by atoms with van der Waals surface area (Å²) in [4.78, 5) is 0. The standard InChI is InChI=1S/C13H14BrN3O/c14-12-3-1-2-4-13(12)18-11-7-16-17(9-11)8-10-5-15-6-10/h1-4,7,9-10,15H,5-6,8H2. The van der Waals surface area contributed by atoms with Gasteiger partial charge >= 0.3 is 0 Å². The molecular weight excluding hydrogens is 294 g/mol. The molecule has 3 rings (SSSR count). The maximum Gasteiger partial charge on any atom is 0.165 e. The van der Waals surface area contributed by atoms with E-state index in [1.54, 1.807) is 6.20 Å². The van der Waals surface area contributed by atoms with E-state index in [2.05, 4.69) is 26.3 Å². The monoisotopic (exact) mass is 307 g/mol. The largest absolute Gasteiger partial charge is 0.453 e. The summed E-state index contributed by atoms with van der Waals surface area (Å²) >= 11 is 3.46. The Labute approximate surface area is 114 Å². The van der Waals surface area contributed by atoms with Crippen molar-refractivity contribution in [1.82, 2.24) is 15.1 Å². The molecule has 1 aromatic carbocycles. The van der Waals surface area contributed by atoms with E-state index in [1.807, 2.05) is 35.1 Å². The summed E-state index contributed by atoms with van der Waals surface area (Å²) in [6.07, 6.45) is 3.70. The molecule has 0 radical (unpaired) electrons. The Morgan fingerprint density at radius 2 is 2.22 bits per heavy atom. The Bertz CT molecular complexity index is 537. The average molecular weight is 308 g/mol. The Hall–Kier alpha value is -1.33. The van der Waals surface area contributed by atoms with Gasteiger partial charge in [-0.3, -0.25) is 4.68 Å². The van der Waals surface area contributed by atoms with E-state index in [0.29, 0.717) is 5.92 Å². The van der Waals surface area contributed by atoms with Crippen LogP contribution >= 0.6 is 15.9 Å². The molecule has 1 N–H and O–H groups in total. The molecule has 0 aliphatic carbocycles. The minimum absolute atomic E-state index is 0.696. The summed E-state index contributed by atoms with van der Waals surface area (Å²) in [5, 5.41) is 7.57. The second-order valence-corrected chi connectivity index (χ2v) is 5.31. The van der Waals surface area contributed by atoms with Crippen LogP contribution in [0.15, 0.2) is 41.1 Å². The zero-order valence-corrected chi connectivity index (χ0v) is 11.4. The third-order valence-corrected chi connectivity index (χ3v) is 3.64. The average Bonchev–Trinajstić information content (AvgIpc) is 2.75. The fourth-order valence-electron chi connectivity index (χ4n) is 1.89. The van der Waals surface area contributed by atoms with Crippen LogP contribution in [0.4, 0.5) is 0 Å². The van der Waals surface area contributed by atoms with Crippen LogP contribution in [0.1, 0.15) is 0 Å². The third-order valence-electron chi connectivity index (χ3n) is 2.99. The fraction of sp³-hybridized carbons (Fsp3) is 0.308. The van der Waals surface area contributed by atoms with Crippen molar-refractivity contribution in [2.24, 2.45) is 5.92 Å². The van der Waals surface area contributed by atoms with Crippen LogP contribution in [0, 0.1) is 5.92 Å². The Kier molecular flexibility index (Phi) is 3.34. The molecule has 0 amide bonds. The van der Waals surface area contributed by atoms with Crippen molar-refractivity contribution in [2.45, 2.75) is 6.54 Å². The minimum Gasteiger partial charge on any atom is -0.453 e. The Balaban J connectivity index is 1.67. The molecule has 4 nitrogen and oxygen atoms in total. The van der Waals surface area contributed by atoms with E-state index in [-0.39, 0.29) is 0 Å². The van der Waals surface area contributed by atoms with Crippen LogP contribution in [-0.2, 0) is 6.54 Å². The van der Waals surface area contributed by atoms with Gasteiger partial charge in [-0.05, 0) is 28.1 Å². The Morgan fingerprint density at radius 3 is 2.94 bits per heavy atom. The summed E-state index contributed by atoms with van der Waals surface area (Å²) < 4.78 is 8.66. The molecule has 2 aromatic rings. The second kappa shape index (κ2) is 5.12. The molecule has 0 atom stereocenters. The van der Waals surface area contributed by atoms with E-state index in [0.717, 1.165) is 35.6 Å². The van der Waals surface area contributed by atoms with Crippen molar-refractivity contribution in [1.29, 1.82) is 0 Å². The lowest BCUT2D eigenvalue weighted by molar-refractivity contribution is 0.295. The number of hydrogen-bond donors (Lipinski definition) is 1. The van der Waals surface area contributed by atoms with Crippen LogP contribution in [0.3, 0.4) is 0 Å². The van der Waals surface area contributed by atoms with Crippen molar-refractivity contribution >= 4 is 15.9 Å². The lowest BCUT2D eigenvalue weighted by atomic mass is 10.0. The number of aromatic nitrogens is 2. The van der Waals surface area contributed by atoms with Crippen LogP contribution < -0.4 is 10.1 Å². The molecule has 0 bridgehead atoms. The molecule has 0 spiro atoms. The van der Waals surface area contributed by atoms with Gasteiger partial charge in [-0.25, -0.2) is 0 Å². The van der Waals surface area contributed by atoms with Crippen molar-refractivity contribution in [3.63, 3.8) is 0 Å². The van der Waals surface area contributed by atoms with E-state index in [1.165, 1.54) is 0 Å². The minimum atomic E-state index is 0.696. The first-order valence-electron chi connectivity index (χ1n) is 5.97. The molecule has 18 heavy (non-hydrogen) atoms. The molecule has 1 aliphatic rings. The topological polar surface area (TPSA) is 39.1 Å². The molecule has 2 heterocycles. The quantitative estimate of drug-likeness (QED) is 0.944. The summed E-state index contributed by atoms with van der Waals surface area (Å²) in [5.41, 5.74) is 0. The molecular formula is C13H14BrN3O. The number of rotatable bonds is 4. The maximum absolute atomic E-state index is 5.78. The first-order valence-corrected chi connectivity index (χ1v) is 6.76. The van der Waals surface area contributed by atoms with Crippen molar-refractivity contribution in [2.75, 3.05) is 13.1 Å². The molecule has 1 aromatic heterocycles. The summed E-state index contributed by atoms with van der Waals surface area (Å²) in [6.45, 7) is 3.12. The molecule has 0 saturated carbocycles. The molecule has 0 unspecified atom stereocenters. The normalized spacial score (nSPS) is 15.4. The van der Waals surface area contributed by atoms with Gasteiger partial charge in [0.05, 0.1) is 16.9 Å². The van der Waals surface area contributed by atoms with Crippen LogP contribution in [-0.4, -0.2) is 22.9 Å².